The molecule has 38 heavy (non-hydrogen) atoms. The lowest BCUT2D eigenvalue weighted by Gasteiger charge is -2.31. The maximum absolute atomic E-state index is 5.70. The van der Waals surface area contributed by atoms with Crippen molar-refractivity contribution in [3.63, 3.8) is 0 Å². The van der Waals surface area contributed by atoms with E-state index in [1.54, 1.807) is 7.11 Å². The summed E-state index contributed by atoms with van der Waals surface area (Å²) in [5.74, 6) is 2.60. The number of aromatic nitrogens is 2. The lowest BCUT2D eigenvalue weighted by molar-refractivity contribution is 0.387. The first-order chi connectivity index (χ1) is 18.5. The molecule has 0 bridgehead atoms. The Balaban J connectivity index is 1.17. The molecule has 0 amide bonds. The molecule has 0 atom stereocenters. The molecule has 1 fully saturated rings. The van der Waals surface area contributed by atoms with Crippen LogP contribution < -0.4 is 25.6 Å². The quantitative estimate of drug-likeness (QED) is 0.331. The third-order valence-corrected chi connectivity index (χ3v) is 7.76. The normalized spacial score (nSPS) is 18.7. The van der Waals surface area contributed by atoms with Crippen molar-refractivity contribution in [1.29, 1.82) is 0 Å². The molecule has 0 radical (unpaired) electrons. The topological polar surface area (TPSA) is 74.3 Å². The summed E-state index contributed by atoms with van der Waals surface area (Å²) in [5.41, 5.74) is 5.68. The molecule has 1 saturated carbocycles. The maximum Gasteiger partial charge on any atom is 0.225 e. The van der Waals surface area contributed by atoms with Crippen molar-refractivity contribution in [3.8, 4) is 16.9 Å². The van der Waals surface area contributed by atoms with E-state index in [9.17, 15) is 0 Å². The molecule has 3 N–H and O–H groups in total. The Morgan fingerprint density at radius 1 is 0.921 bits per heavy atom. The summed E-state index contributed by atoms with van der Waals surface area (Å²) in [6, 6.07) is 17.2. The molecule has 5 rings (SSSR count). The fourth-order valence-corrected chi connectivity index (χ4v) is 5.81. The number of hydrogen-bond acceptors (Lipinski definition) is 6. The van der Waals surface area contributed by atoms with Crippen LogP contribution in [0, 0.1) is 0 Å². The maximum atomic E-state index is 5.70. The van der Waals surface area contributed by atoms with Gasteiger partial charge in [-0.2, -0.15) is 4.98 Å². The number of fused-ring (bicyclic) bond motifs is 1. The smallest absolute Gasteiger partial charge is 0.225 e. The Labute approximate surface area is 231 Å². The van der Waals surface area contributed by atoms with E-state index in [2.05, 4.69) is 59.2 Å². The molecule has 0 spiro atoms. The second kappa shape index (κ2) is 12.0. The fourth-order valence-electron chi connectivity index (χ4n) is 5.53. The highest BCUT2D eigenvalue weighted by molar-refractivity contribution is 7.80. The SMILES string of the molecule is COc1ccc(-c2ccccc2)cc1NC(=S)N[C@H]1CC[C@@H](Nc2nc3c(c(N(C)C)n2)CCCC3)CC1. The van der Waals surface area contributed by atoms with Crippen LogP contribution in [0.5, 0.6) is 5.75 Å². The first kappa shape index (κ1) is 26.2. The lowest BCUT2D eigenvalue weighted by atomic mass is 9.91. The summed E-state index contributed by atoms with van der Waals surface area (Å²) in [5, 5.41) is 11.2. The minimum Gasteiger partial charge on any atom is -0.495 e. The van der Waals surface area contributed by atoms with Crippen LogP contribution in [0.15, 0.2) is 48.5 Å². The predicted molar refractivity (Wildman–Crippen MR) is 160 cm³/mol. The number of aryl methyl sites for hydroxylation is 1. The van der Waals surface area contributed by atoms with Crippen LogP contribution in [0.1, 0.15) is 49.8 Å². The van der Waals surface area contributed by atoms with Gasteiger partial charge < -0.3 is 25.6 Å². The first-order valence-corrected chi connectivity index (χ1v) is 14.1. The van der Waals surface area contributed by atoms with Crippen molar-refractivity contribution in [3.05, 3.63) is 59.8 Å². The highest BCUT2D eigenvalue weighted by Crippen LogP contribution is 2.32. The molecule has 2 aliphatic rings. The standard InChI is InChI=1S/C30H38N6OS/c1-36(2)28-24-11-7-8-12-25(24)33-29(35-28)31-22-14-16-23(17-15-22)32-30(38)34-26-19-21(13-18-27(26)37-3)20-9-5-4-6-10-20/h4-6,9-10,13,18-19,22-23H,7-8,11-12,14-17H2,1-3H3,(H,31,33,35)(H2,32,34,38)/t22-,23+. The molecule has 1 heterocycles. The number of nitrogens with zero attached hydrogens (tertiary/aromatic N) is 3. The zero-order valence-electron chi connectivity index (χ0n) is 22.6. The van der Waals surface area contributed by atoms with E-state index in [4.69, 9.17) is 26.9 Å². The van der Waals surface area contributed by atoms with Crippen molar-refractivity contribution >= 4 is 34.8 Å². The molecule has 1 aromatic heterocycles. The molecule has 0 unspecified atom stereocenters. The number of methoxy groups -OCH3 is 1. The predicted octanol–water partition coefficient (Wildman–Crippen LogP) is 5.81. The third-order valence-electron chi connectivity index (χ3n) is 7.54. The van der Waals surface area contributed by atoms with Crippen LogP contribution in [0.25, 0.3) is 11.1 Å². The molecule has 0 saturated heterocycles. The van der Waals surface area contributed by atoms with E-state index in [1.807, 2.05) is 24.3 Å². The van der Waals surface area contributed by atoms with Crippen molar-refractivity contribution in [2.75, 3.05) is 36.7 Å². The molecular formula is C30H38N6OS. The van der Waals surface area contributed by atoms with Gasteiger partial charge in [-0.1, -0.05) is 36.4 Å². The minimum absolute atomic E-state index is 0.332. The molecule has 2 aromatic carbocycles. The number of hydrogen-bond donors (Lipinski definition) is 3. The highest BCUT2D eigenvalue weighted by atomic mass is 32.1. The molecule has 3 aromatic rings. The minimum atomic E-state index is 0.332. The Morgan fingerprint density at radius 3 is 2.39 bits per heavy atom. The molecular weight excluding hydrogens is 492 g/mol. The number of thiocarbonyl (C=S) groups is 1. The van der Waals surface area contributed by atoms with Gasteiger partial charge in [-0.05, 0) is 86.8 Å². The summed E-state index contributed by atoms with van der Waals surface area (Å²) >= 11 is 5.70. The van der Waals surface area contributed by atoms with E-state index in [0.717, 1.165) is 72.9 Å². The van der Waals surface area contributed by atoms with Gasteiger partial charge in [0.2, 0.25) is 5.95 Å². The van der Waals surface area contributed by atoms with Crippen molar-refractivity contribution in [1.82, 2.24) is 15.3 Å². The van der Waals surface area contributed by atoms with Gasteiger partial charge in [0.1, 0.15) is 11.6 Å². The van der Waals surface area contributed by atoms with E-state index in [-0.39, 0.29) is 0 Å². The molecule has 2 aliphatic carbocycles. The Kier molecular flexibility index (Phi) is 8.27. The summed E-state index contributed by atoms with van der Waals surface area (Å²) in [7, 11) is 5.83. The summed E-state index contributed by atoms with van der Waals surface area (Å²) in [6.45, 7) is 0. The van der Waals surface area contributed by atoms with Gasteiger partial charge in [0, 0.05) is 31.7 Å². The Morgan fingerprint density at radius 2 is 1.66 bits per heavy atom. The lowest BCUT2D eigenvalue weighted by Crippen LogP contribution is -2.42. The van der Waals surface area contributed by atoms with Crippen molar-refractivity contribution in [2.45, 2.75) is 63.5 Å². The largest absolute Gasteiger partial charge is 0.495 e. The Bertz CT molecular complexity index is 1260. The average molecular weight is 531 g/mol. The van der Waals surface area contributed by atoms with Gasteiger partial charge in [-0.15, -0.1) is 0 Å². The van der Waals surface area contributed by atoms with Crippen LogP contribution >= 0.6 is 12.2 Å². The number of benzene rings is 2. The van der Waals surface area contributed by atoms with Gasteiger partial charge in [0.15, 0.2) is 5.11 Å². The summed E-state index contributed by atoms with van der Waals surface area (Å²) < 4.78 is 5.58. The van der Waals surface area contributed by atoms with E-state index in [0.29, 0.717) is 17.2 Å². The Hall–Kier alpha value is -3.39. The molecule has 200 valence electrons. The van der Waals surface area contributed by atoms with Gasteiger partial charge in [0.25, 0.3) is 0 Å². The highest BCUT2D eigenvalue weighted by Gasteiger charge is 2.24. The number of nitrogens with one attached hydrogen (secondary N) is 3. The number of rotatable bonds is 7. The van der Waals surface area contributed by atoms with E-state index >= 15 is 0 Å². The molecule has 0 aliphatic heterocycles. The second-order valence-corrected chi connectivity index (χ2v) is 10.9. The van der Waals surface area contributed by atoms with Crippen molar-refractivity contribution in [2.24, 2.45) is 0 Å². The fraction of sp³-hybridized carbons (Fsp3) is 0.433. The van der Waals surface area contributed by atoms with Crippen LogP contribution in [0.4, 0.5) is 17.5 Å². The second-order valence-electron chi connectivity index (χ2n) is 10.5. The number of anilines is 3. The molecule has 8 heteroatoms. The zero-order chi connectivity index (χ0) is 26.5. The van der Waals surface area contributed by atoms with Crippen LogP contribution in [-0.2, 0) is 12.8 Å². The first-order valence-electron chi connectivity index (χ1n) is 13.6. The zero-order valence-corrected chi connectivity index (χ0v) is 23.4. The van der Waals surface area contributed by atoms with E-state index in [1.165, 1.54) is 24.1 Å². The van der Waals surface area contributed by atoms with Gasteiger partial charge in [0.05, 0.1) is 18.5 Å². The third kappa shape index (κ3) is 6.18. The van der Waals surface area contributed by atoms with Crippen LogP contribution in [0.2, 0.25) is 0 Å². The van der Waals surface area contributed by atoms with Gasteiger partial charge in [-0.25, -0.2) is 4.98 Å². The summed E-state index contributed by atoms with van der Waals surface area (Å²) in [4.78, 5) is 11.9. The molecule has 7 nitrogen and oxygen atoms in total. The van der Waals surface area contributed by atoms with Gasteiger partial charge in [-0.3, -0.25) is 0 Å². The van der Waals surface area contributed by atoms with E-state index < -0.39 is 0 Å². The van der Waals surface area contributed by atoms with Gasteiger partial charge >= 0.3 is 0 Å². The van der Waals surface area contributed by atoms with Crippen LogP contribution in [-0.4, -0.2) is 48.4 Å². The monoisotopic (exact) mass is 530 g/mol. The summed E-state index contributed by atoms with van der Waals surface area (Å²) in [6.07, 6.45) is 8.73. The van der Waals surface area contributed by atoms with Crippen LogP contribution in [0.3, 0.4) is 0 Å². The van der Waals surface area contributed by atoms with Crippen molar-refractivity contribution < 1.29 is 4.74 Å². The number of ether oxygens (including phenoxy) is 1. The average Bonchev–Trinajstić information content (AvgIpc) is 2.94.